The Balaban J connectivity index is 2.29. The summed E-state index contributed by atoms with van der Waals surface area (Å²) in [6.07, 6.45) is 0.858. The molecule has 102 valence electrons. The fourth-order valence-corrected chi connectivity index (χ4v) is 2.83. The minimum atomic E-state index is -0.00805. The number of hydrogen-bond donors (Lipinski definition) is 1. The maximum absolute atomic E-state index is 6.36. The molecule has 3 nitrogen and oxygen atoms in total. The van der Waals surface area contributed by atoms with Crippen molar-refractivity contribution in [3.05, 3.63) is 51.8 Å². The third kappa shape index (κ3) is 2.87. The summed E-state index contributed by atoms with van der Waals surface area (Å²) >= 11 is 0. The summed E-state index contributed by atoms with van der Waals surface area (Å²) in [6, 6.07) is 6.52. The highest BCUT2D eigenvalue weighted by Gasteiger charge is 2.15. The molecule has 1 aromatic heterocycles. The number of rotatable bonds is 3. The molecule has 0 bridgehead atoms. The molecule has 0 saturated carbocycles. The molecule has 1 unspecified atom stereocenters. The van der Waals surface area contributed by atoms with Gasteiger partial charge in [0.25, 0.3) is 0 Å². The lowest BCUT2D eigenvalue weighted by Crippen LogP contribution is -2.18. The molecule has 1 heterocycles. The van der Waals surface area contributed by atoms with Crippen LogP contribution in [0.1, 0.15) is 39.7 Å². The van der Waals surface area contributed by atoms with Crippen molar-refractivity contribution in [3.8, 4) is 0 Å². The lowest BCUT2D eigenvalue weighted by atomic mass is 9.93. The largest absolute Gasteiger partial charge is 0.322 e. The smallest absolute Gasteiger partial charge is 0.0597 e. The zero-order valence-electron chi connectivity index (χ0n) is 12.5. The molecule has 2 aromatic rings. The Kier molecular flexibility index (Phi) is 3.76. The van der Waals surface area contributed by atoms with E-state index in [1.807, 2.05) is 18.7 Å². The van der Waals surface area contributed by atoms with E-state index in [-0.39, 0.29) is 6.04 Å². The van der Waals surface area contributed by atoms with Gasteiger partial charge in [0.15, 0.2) is 0 Å². The summed E-state index contributed by atoms with van der Waals surface area (Å²) in [5.74, 6) is 0. The molecule has 0 aliphatic carbocycles. The van der Waals surface area contributed by atoms with Crippen LogP contribution >= 0.6 is 0 Å². The minimum Gasteiger partial charge on any atom is -0.322 e. The average molecular weight is 257 g/mol. The van der Waals surface area contributed by atoms with E-state index in [9.17, 15) is 0 Å². The van der Waals surface area contributed by atoms with E-state index in [0.29, 0.717) is 0 Å². The Labute approximate surface area is 115 Å². The van der Waals surface area contributed by atoms with E-state index in [1.54, 1.807) is 0 Å². The van der Waals surface area contributed by atoms with Crippen molar-refractivity contribution in [3.63, 3.8) is 0 Å². The lowest BCUT2D eigenvalue weighted by Gasteiger charge is -2.16. The van der Waals surface area contributed by atoms with Crippen LogP contribution in [0.4, 0.5) is 0 Å². The van der Waals surface area contributed by atoms with Gasteiger partial charge in [-0.15, -0.1) is 0 Å². The second-order valence-electron chi connectivity index (χ2n) is 5.52. The van der Waals surface area contributed by atoms with Crippen molar-refractivity contribution in [1.29, 1.82) is 0 Å². The third-order valence-corrected chi connectivity index (χ3v) is 3.68. The van der Waals surface area contributed by atoms with Gasteiger partial charge in [0, 0.05) is 7.05 Å². The van der Waals surface area contributed by atoms with Crippen LogP contribution in [0, 0.1) is 27.7 Å². The van der Waals surface area contributed by atoms with Crippen LogP contribution in [0.25, 0.3) is 0 Å². The molecule has 0 spiro atoms. The summed E-state index contributed by atoms with van der Waals surface area (Å²) in [5, 5.41) is 4.37. The Morgan fingerprint density at radius 1 is 1.11 bits per heavy atom. The monoisotopic (exact) mass is 257 g/mol. The van der Waals surface area contributed by atoms with Crippen molar-refractivity contribution in [1.82, 2.24) is 9.78 Å². The van der Waals surface area contributed by atoms with E-state index in [1.165, 1.54) is 22.3 Å². The summed E-state index contributed by atoms with van der Waals surface area (Å²) in [5.41, 5.74) is 13.8. The highest BCUT2D eigenvalue weighted by Crippen LogP contribution is 2.23. The van der Waals surface area contributed by atoms with E-state index in [0.717, 1.165) is 17.8 Å². The fourth-order valence-electron chi connectivity index (χ4n) is 2.83. The SMILES string of the molecule is Cc1cc(C)c(CC(N)c2cc(C)nn2C)c(C)c1. The van der Waals surface area contributed by atoms with Crippen LogP contribution in [-0.4, -0.2) is 9.78 Å². The fraction of sp³-hybridized carbons (Fsp3) is 0.438. The Morgan fingerprint density at radius 3 is 2.16 bits per heavy atom. The Hall–Kier alpha value is -1.61. The van der Waals surface area contributed by atoms with E-state index in [4.69, 9.17) is 5.73 Å². The average Bonchev–Trinajstić information content (AvgIpc) is 2.62. The second-order valence-corrected chi connectivity index (χ2v) is 5.52. The number of benzene rings is 1. The standard InChI is InChI=1S/C16H23N3/c1-10-6-11(2)14(12(3)7-10)9-15(17)16-8-13(4)18-19(16)5/h6-8,15H,9,17H2,1-5H3. The lowest BCUT2D eigenvalue weighted by molar-refractivity contribution is 0.613. The maximum atomic E-state index is 6.36. The van der Waals surface area contributed by atoms with Crippen molar-refractivity contribution in [2.75, 3.05) is 0 Å². The van der Waals surface area contributed by atoms with Crippen molar-refractivity contribution in [2.24, 2.45) is 12.8 Å². The predicted octanol–water partition coefficient (Wildman–Crippen LogP) is 2.90. The van der Waals surface area contributed by atoms with Crippen molar-refractivity contribution < 1.29 is 0 Å². The van der Waals surface area contributed by atoms with E-state index < -0.39 is 0 Å². The van der Waals surface area contributed by atoms with Crippen molar-refractivity contribution >= 4 is 0 Å². The van der Waals surface area contributed by atoms with Gasteiger partial charge >= 0.3 is 0 Å². The molecule has 3 heteroatoms. The quantitative estimate of drug-likeness (QED) is 0.918. The predicted molar refractivity (Wildman–Crippen MR) is 79.2 cm³/mol. The summed E-state index contributed by atoms with van der Waals surface area (Å²) < 4.78 is 1.89. The maximum Gasteiger partial charge on any atom is 0.0597 e. The summed E-state index contributed by atoms with van der Waals surface area (Å²) in [7, 11) is 1.96. The molecule has 1 aromatic carbocycles. The van der Waals surface area contributed by atoms with Crippen LogP contribution in [0.15, 0.2) is 18.2 Å². The van der Waals surface area contributed by atoms with E-state index >= 15 is 0 Å². The highest BCUT2D eigenvalue weighted by molar-refractivity contribution is 5.38. The molecule has 2 N–H and O–H groups in total. The third-order valence-electron chi connectivity index (χ3n) is 3.68. The second kappa shape index (κ2) is 5.17. The summed E-state index contributed by atoms with van der Waals surface area (Å²) in [6.45, 7) is 8.46. The number of hydrogen-bond acceptors (Lipinski definition) is 2. The molecule has 0 amide bonds. The van der Waals surface area contributed by atoms with Gasteiger partial charge in [0.2, 0.25) is 0 Å². The van der Waals surface area contributed by atoms with Crippen molar-refractivity contribution in [2.45, 2.75) is 40.2 Å². The number of aryl methyl sites for hydroxylation is 5. The first-order valence-corrected chi connectivity index (χ1v) is 6.71. The molecule has 1 atom stereocenters. The van der Waals surface area contributed by atoms with Gasteiger partial charge in [0.1, 0.15) is 0 Å². The molecule has 19 heavy (non-hydrogen) atoms. The molecule has 0 radical (unpaired) electrons. The highest BCUT2D eigenvalue weighted by atomic mass is 15.3. The Morgan fingerprint density at radius 2 is 1.68 bits per heavy atom. The van der Waals surface area contributed by atoms with Crippen LogP contribution < -0.4 is 5.73 Å². The van der Waals surface area contributed by atoms with Crippen LogP contribution in [0.3, 0.4) is 0 Å². The first-order chi connectivity index (χ1) is 8.88. The molecule has 2 rings (SSSR count). The molecular formula is C16H23N3. The molecule has 0 aliphatic rings. The zero-order chi connectivity index (χ0) is 14.2. The Bertz CT molecular complexity index is 573. The first kappa shape index (κ1) is 13.8. The molecule has 0 saturated heterocycles. The van der Waals surface area contributed by atoms with Gasteiger partial charge < -0.3 is 5.73 Å². The van der Waals surface area contributed by atoms with Gasteiger partial charge in [0.05, 0.1) is 17.4 Å². The minimum absolute atomic E-state index is 0.00805. The normalized spacial score (nSPS) is 12.7. The van der Waals surface area contributed by atoms with Crippen LogP contribution in [0.5, 0.6) is 0 Å². The number of aromatic nitrogens is 2. The molecule has 0 fully saturated rings. The van der Waals surface area contributed by atoms with Gasteiger partial charge in [-0.2, -0.15) is 5.10 Å². The number of nitrogens with two attached hydrogens (primary N) is 1. The summed E-state index contributed by atoms with van der Waals surface area (Å²) in [4.78, 5) is 0. The van der Waals surface area contributed by atoms with Gasteiger partial charge in [-0.25, -0.2) is 0 Å². The van der Waals surface area contributed by atoms with E-state index in [2.05, 4.69) is 44.1 Å². The topological polar surface area (TPSA) is 43.8 Å². The number of nitrogens with zero attached hydrogens (tertiary/aromatic N) is 2. The first-order valence-electron chi connectivity index (χ1n) is 6.71. The zero-order valence-corrected chi connectivity index (χ0v) is 12.5. The van der Waals surface area contributed by atoms with Crippen LogP contribution in [-0.2, 0) is 13.5 Å². The van der Waals surface area contributed by atoms with Gasteiger partial charge in [-0.1, -0.05) is 17.7 Å². The van der Waals surface area contributed by atoms with Crippen LogP contribution in [0.2, 0.25) is 0 Å². The van der Waals surface area contributed by atoms with Gasteiger partial charge in [-0.05, 0) is 56.9 Å². The molecule has 0 aliphatic heterocycles. The van der Waals surface area contributed by atoms with Gasteiger partial charge in [-0.3, -0.25) is 4.68 Å². The molecular weight excluding hydrogens is 234 g/mol.